The molecule has 0 spiro atoms. The lowest BCUT2D eigenvalue weighted by atomic mass is 9.73. The lowest BCUT2D eigenvalue weighted by molar-refractivity contribution is 0.0525. The Morgan fingerprint density at radius 3 is 2.57 bits per heavy atom. The smallest absolute Gasteiger partial charge is 0.0586 e. The third-order valence-corrected chi connectivity index (χ3v) is 5.59. The van der Waals surface area contributed by atoms with Crippen molar-refractivity contribution in [3.05, 3.63) is 0 Å². The van der Waals surface area contributed by atoms with E-state index in [0.29, 0.717) is 18.1 Å². The van der Waals surface area contributed by atoms with E-state index in [1.54, 1.807) is 0 Å². The van der Waals surface area contributed by atoms with Gasteiger partial charge < -0.3 is 10.4 Å². The molecule has 1 aliphatic carbocycles. The van der Waals surface area contributed by atoms with Gasteiger partial charge >= 0.3 is 0 Å². The first-order valence-electron chi connectivity index (χ1n) is 9.35. The van der Waals surface area contributed by atoms with Crippen LogP contribution in [0.1, 0.15) is 71.1 Å². The molecule has 124 valence electrons. The SMILES string of the molecule is CCCNCC1(CN2CCCCCC2CO)CCCCC1. The molecule has 2 rings (SSSR count). The zero-order valence-corrected chi connectivity index (χ0v) is 14.1. The van der Waals surface area contributed by atoms with Crippen molar-refractivity contribution in [3.63, 3.8) is 0 Å². The van der Waals surface area contributed by atoms with Gasteiger partial charge in [-0.3, -0.25) is 4.90 Å². The average Bonchev–Trinajstić information content (AvgIpc) is 2.73. The summed E-state index contributed by atoms with van der Waals surface area (Å²) < 4.78 is 0. The second-order valence-electron chi connectivity index (χ2n) is 7.39. The molecule has 1 unspecified atom stereocenters. The van der Waals surface area contributed by atoms with Crippen LogP contribution in [-0.4, -0.2) is 48.8 Å². The van der Waals surface area contributed by atoms with Crippen molar-refractivity contribution >= 4 is 0 Å². The summed E-state index contributed by atoms with van der Waals surface area (Å²) in [5.74, 6) is 0. The Labute approximate surface area is 131 Å². The predicted molar refractivity (Wildman–Crippen MR) is 89.6 cm³/mol. The Bertz CT molecular complexity index is 276. The standard InChI is InChI=1S/C18H36N2O/c1-2-12-19-15-18(10-6-4-7-11-18)16-20-13-8-3-5-9-17(20)14-21/h17,19,21H,2-16H2,1H3. The highest BCUT2D eigenvalue weighted by atomic mass is 16.3. The van der Waals surface area contributed by atoms with Gasteiger partial charge in [0.2, 0.25) is 0 Å². The van der Waals surface area contributed by atoms with E-state index < -0.39 is 0 Å². The summed E-state index contributed by atoms with van der Waals surface area (Å²) in [6, 6.07) is 0.414. The van der Waals surface area contributed by atoms with E-state index in [1.165, 1.54) is 83.8 Å². The highest BCUT2D eigenvalue weighted by Gasteiger charge is 2.35. The van der Waals surface area contributed by atoms with Gasteiger partial charge in [-0.25, -0.2) is 0 Å². The van der Waals surface area contributed by atoms with E-state index in [4.69, 9.17) is 0 Å². The van der Waals surface area contributed by atoms with Crippen LogP contribution >= 0.6 is 0 Å². The zero-order valence-electron chi connectivity index (χ0n) is 14.1. The summed E-state index contributed by atoms with van der Waals surface area (Å²) in [5.41, 5.74) is 0.463. The van der Waals surface area contributed by atoms with Gasteiger partial charge in [-0.15, -0.1) is 0 Å². The molecule has 0 amide bonds. The number of hydrogen-bond donors (Lipinski definition) is 2. The molecule has 3 nitrogen and oxygen atoms in total. The van der Waals surface area contributed by atoms with Gasteiger partial charge in [0.25, 0.3) is 0 Å². The van der Waals surface area contributed by atoms with Crippen molar-refractivity contribution < 1.29 is 5.11 Å². The van der Waals surface area contributed by atoms with Crippen LogP contribution in [0.4, 0.5) is 0 Å². The molecule has 1 heterocycles. The molecule has 21 heavy (non-hydrogen) atoms. The van der Waals surface area contributed by atoms with E-state index in [0.717, 1.165) is 6.54 Å². The fraction of sp³-hybridized carbons (Fsp3) is 1.00. The third kappa shape index (κ3) is 5.22. The van der Waals surface area contributed by atoms with Crippen LogP contribution in [-0.2, 0) is 0 Å². The van der Waals surface area contributed by atoms with Gasteiger partial charge in [0, 0.05) is 19.1 Å². The second kappa shape index (κ2) is 9.12. The van der Waals surface area contributed by atoms with Gasteiger partial charge in [0.1, 0.15) is 0 Å². The van der Waals surface area contributed by atoms with Crippen LogP contribution < -0.4 is 5.32 Å². The zero-order chi connectivity index (χ0) is 15.0. The number of aliphatic hydroxyl groups excluding tert-OH is 1. The largest absolute Gasteiger partial charge is 0.395 e. The maximum absolute atomic E-state index is 9.76. The molecule has 1 saturated carbocycles. The van der Waals surface area contributed by atoms with Gasteiger partial charge in [0.15, 0.2) is 0 Å². The fourth-order valence-corrected chi connectivity index (χ4v) is 4.31. The quantitative estimate of drug-likeness (QED) is 0.708. The molecule has 2 N–H and O–H groups in total. The topological polar surface area (TPSA) is 35.5 Å². The minimum absolute atomic E-state index is 0.346. The van der Waals surface area contributed by atoms with E-state index in [2.05, 4.69) is 17.1 Å². The fourth-order valence-electron chi connectivity index (χ4n) is 4.31. The van der Waals surface area contributed by atoms with Crippen molar-refractivity contribution in [1.29, 1.82) is 0 Å². The van der Waals surface area contributed by atoms with Crippen molar-refractivity contribution in [1.82, 2.24) is 10.2 Å². The van der Waals surface area contributed by atoms with Crippen LogP contribution in [0.5, 0.6) is 0 Å². The van der Waals surface area contributed by atoms with Crippen LogP contribution in [0.25, 0.3) is 0 Å². The Kier molecular flexibility index (Phi) is 7.48. The molecule has 0 radical (unpaired) electrons. The van der Waals surface area contributed by atoms with Crippen LogP contribution in [0, 0.1) is 5.41 Å². The van der Waals surface area contributed by atoms with E-state index in [9.17, 15) is 5.11 Å². The molecule has 0 aromatic rings. The minimum atomic E-state index is 0.346. The van der Waals surface area contributed by atoms with Crippen molar-refractivity contribution in [2.45, 2.75) is 77.2 Å². The Morgan fingerprint density at radius 2 is 1.86 bits per heavy atom. The number of nitrogens with one attached hydrogen (secondary N) is 1. The monoisotopic (exact) mass is 296 g/mol. The molecular formula is C18H36N2O. The molecule has 2 aliphatic rings. The maximum atomic E-state index is 9.76. The summed E-state index contributed by atoms with van der Waals surface area (Å²) >= 11 is 0. The molecule has 0 bridgehead atoms. The molecule has 1 atom stereocenters. The van der Waals surface area contributed by atoms with Crippen molar-refractivity contribution in [3.8, 4) is 0 Å². The Balaban J connectivity index is 1.98. The molecule has 1 aliphatic heterocycles. The van der Waals surface area contributed by atoms with Gasteiger partial charge in [-0.1, -0.05) is 39.0 Å². The summed E-state index contributed by atoms with van der Waals surface area (Å²) in [6.07, 6.45) is 13.3. The van der Waals surface area contributed by atoms with Crippen LogP contribution in [0.2, 0.25) is 0 Å². The maximum Gasteiger partial charge on any atom is 0.0586 e. The summed E-state index contributed by atoms with van der Waals surface area (Å²) in [5, 5.41) is 13.5. The molecule has 0 aromatic heterocycles. The molecule has 2 fully saturated rings. The van der Waals surface area contributed by atoms with Crippen molar-refractivity contribution in [2.24, 2.45) is 5.41 Å². The average molecular weight is 296 g/mol. The first kappa shape index (κ1) is 17.2. The highest BCUT2D eigenvalue weighted by Crippen LogP contribution is 2.37. The molecule has 0 aromatic carbocycles. The Morgan fingerprint density at radius 1 is 1.10 bits per heavy atom. The first-order chi connectivity index (χ1) is 10.3. The van der Waals surface area contributed by atoms with E-state index >= 15 is 0 Å². The van der Waals surface area contributed by atoms with Crippen molar-refractivity contribution in [2.75, 3.05) is 32.8 Å². The predicted octanol–water partition coefficient (Wildman–Crippen LogP) is 3.17. The number of aliphatic hydroxyl groups is 1. The molecule has 1 saturated heterocycles. The van der Waals surface area contributed by atoms with Crippen LogP contribution in [0.3, 0.4) is 0 Å². The van der Waals surface area contributed by atoms with Gasteiger partial charge in [-0.2, -0.15) is 0 Å². The summed E-state index contributed by atoms with van der Waals surface area (Å²) in [7, 11) is 0. The number of nitrogens with zero attached hydrogens (tertiary/aromatic N) is 1. The summed E-state index contributed by atoms with van der Waals surface area (Å²) in [4.78, 5) is 2.63. The number of hydrogen-bond acceptors (Lipinski definition) is 3. The normalized spacial score (nSPS) is 27.4. The molecular weight excluding hydrogens is 260 g/mol. The van der Waals surface area contributed by atoms with Gasteiger partial charge in [0.05, 0.1) is 6.61 Å². The lowest BCUT2D eigenvalue weighted by Crippen LogP contribution is -2.49. The van der Waals surface area contributed by atoms with Gasteiger partial charge in [-0.05, 0) is 50.6 Å². The minimum Gasteiger partial charge on any atom is -0.395 e. The third-order valence-electron chi connectivity index (χ3n) is 5.59. The van der Waals surface area contributed by atoms with E-state index in [1.807, 2.05) is 0 Å². The van der Waals surface area contributed by atoms with E-state index in [-0.39, 0.29) is 0 Å². The highest BCUT2D eigenvalue weighted by molar-refractivity contribution is 4.90. The number of rotatable bonds is 7. The number of likely N-dealkylation sites (tertiary alicyclic amines) is 1. The first-order valence-corrected chi connectivity index (χ1v) is 9.35. The van der Waals surface area contributed by atoms with Crippen LogP contribution in [0.15, 0.2) is 0 Å². The Hall–Kier alpha value is -0.120. The second-order valence-corrected chi connectivity index (χ2v) is 7.39. The molecule has 3 heteroatoms. The summed E-state index contributed by atoms with van der Waals surface area (Å²) in [6.45, 7) is 7.31. The lowest BCUT2D eigenvalue weighted by Gasteiger charge is -2.43.